The molecule has 2 heterocycles. The van der Waals surface area contributed by atoms with Crippen LogP contribution < -0.4 is 14.8 Å². The summed E-state index contributed by atoms with van der Waals surface area (Å²) in [5, 5.41) is 3.70. The molecule has 3 N–H and O–H groups in total. The van der Waals surface area contributed by atoms with E-state index in [-0.39, 0.29) is 53.8 Å². The number of hydrogen-bond donors (Lipinski definition) is 1. The first-order valence-corrected chi connectivity index (χ1v) is 11.1. The number of anilines is 1. The average molecular weight is 542 g/mol. The highest BCUT2D eigenvalue weighted by Gasteiger charge is 2.34. The van der Waals surface area contributed by atoms with Gasteiger partial charge in [0.15, 0.2) is 18.1 Å². The third kappa shape index (κ3) is 6.41. The molecule has 0 saturated carbocycles. The van der Waals surface area contributed by atoms with Crippen LogP contribution in [0.4, 0.5) is 18.9 Å². The fraction of sp³-hybridized carbons (Fsp3) is 0.320. The molecule has 2 amide bonds. The van der Waals surface area contributed by atoms with Crippen molar-refractivity contribution in [3.8, 4) is 11.5 Å². The van der Waals surface area contributed by atoms with E-state index in [1.165, 1.54) is 12.0 Å². The lowest BCUT2D eigenvalue weighted by molar-refractivity contribution is -0.153. The number of imide groups is 1. The van der Waals surface area contributed by atoms with Crippen LogP contribution in [0, 0.1) is 0 Å². The third-order valence-corrected chi connectivity index (χ3v) is 5.71. The van der Waals surface area contributed by atoms with Crippen LogP contribution in [0.3, 0.4) is 0 Å². The van der Waals surface area contributed by atoms with Crippen molar-refractivity contribution in [2.24, 2.45) is 0 Å². The molecular weight excluding hydrogens is 515 g/mol. The normalized spacial score (nSPS) is 13.5. The SMILES string of the molecule is COc1cc(NC(C)CCCN2C(=O)c3ccccc3C2=O)c2ncccc2c1OCC(F)(F)F.Cl.O. The van der Waals surface area contributed by atoms with E-state index in [4.69, 9.17) is 9.47 Å². The van der Waals surface area contributed by atoms with Gasteiger partial charge in [-0.2, -0.15) is 13.2 Å². The number of aromatic nitrogens is 1. The minimum absolute atomic E-state index is 0. The second-order valence-corrected chi connectivity index (χ2v) is 8.25. The van der Waals surface area contributed by atoms with Crippen molar-refractivity contribution < 1.29 is 37.7 Å². The van der Waals surface area contributed by atoms with E-state index in [0.29, 0.717) is 40.6 Å². The Balaban J connectivity index is 0.00000241. The maximum atomic E-state index is 12.7. The number of alkyl halides is 3. The summed E-state index contributed by atoms with van der Waals surface area (Å²) in [6.45, 7) is 0.761. The van der Waals surface area contributed by atoms with Crippen LogP contribution in [0.25, 0.3) is 10.9 Å². The van der Waals surface area contributed by atoms with Gasteiger partial charge in [-0.05, 0) is 44.0 Å². The van der Waals surface area contributed by atoms with Gasteiger partial charge in [-0.1, -0.05) is 12.1 Å². The first-order valence-electron chi connectivity index (χ1n) is 11.1. The maximum absolute atomic E-state index is 12.7. The third-order valence-electron chi connectivity index (χ3n) is 5.71. The number of amides is 2. The van der Waals surface area contributed by atoms with E-state index in [1.807, 2.05) is 6.92 Å². The van der Waals surface area contributed by atoms with Gasteiger partial charge in [0.25, 0.3) is 11.8 Å². The number of benzene rings is 2. The number of carbonyl (C=O) groups excluding carboxylic acids is 2. The van der Waals surface area contributed by atoms with Gasteiger partial charge >= 0.3 is 6.18 Å². The second kappa shape index (κ2) is 12.1. The Bertz CT molecular complexity index is 1240. The number of rotatable bonds is 9. The summed E-state index contributed by atoms with van der Waals surface area (Å²) < 4.78 is 48.6. The van der Waals surface area contributed by atoms with Crippen LogP contribution in [-0.4, -0.2) is 59.7 Å². The monoisotopic (exact) mass is 541 g/mol. The Labute approximate surface area is 217 Å². The van der Waals surface area contributed by atoms with Crippen molar-refractivity contribution >= 4 is 40.8 Å². The number of carbonyl (C=O) groups is 2. The predicted molar refractivity (Wildman–Crippen MR) is 135 cm³/mol. The Morgan fingerprint density at radius 2 is 1.73 bits per heavy atom. The van der Waals surface area contributed by atoms with E-state index in [2.05, 4.69) is 10.3 Å². The largest absolute Gasteiger partial charge is 0.493 e. The lowest BCUT2D eigenvalue weighted by Crippen LogP contribution is -2.31. The number of nitrogens with zero attached hydrogens (tertiary/aromatic N) is 2. The minimum Gasteiger partial charge on any atom is -0.493 e. The molecule has 1 aromatic heterocycles. The fourth-order valence-corrected chi connectivity index (χ4v) is 4.10. The van der Waals surface area contributed by atoms with E-state index in [9.17, 15) is 22.8 Å². The molecule has 4 rings (SSSR count). The minimum atomic E-state index is -4.50. The van der Waals surface area contributed by atoms with Crippen LogP contribution in [0.1, 0.15) is 40.5 Å². The van der Waals surface area contributed by atoms with E-state index < -0.39 is 12.8 Å². The molecule has 12 heteroatoms. The first kappa shape index (κ1) is 29.7. The number of halogens is 4. The Kier molecular flexibility index (Phi) is 9.71. The number of nitrogens with one attached hydrogen (secondary N) is 1. The highest BCUT2D eigenvalue weighted by molar-refractivity contribution is 6.21. The van der Waals surface area contributed by atoms with E-state index >= 15 is 0 Å². The van der Waals surface area contributed by atoms with Crippen molar-refractivity contribution in [3.63, 3.8) is 0 Å². The summed E-state index contributed by atoms with van der Waals surface area (Å²) in [6, 6.07) is 11.4. The maximum Gasteiger partial charge on any atom is 0.422 e. The zero-order valence-corrected chi connectivity index (χ0v) is 20.9. The van der Waals surface area contributed by atoms with E-state index in [1.54, 1.807) is 48.7 Å². The molecule has 0 aliphatic carbocycles. The van der Waals surface area contributed by atoms with Crippen molar-refractivity contribution in [1.29, 1.82) is 0 Å². The van der Waals surface area contributed by atoms with Crippen LogP contribution in [0.15, 0.2) is 48.7 Å². The van der Waals surface area contributed by atoms with Gasteiger partial charge in [-0.15, -0.1) is 12.4 Å². The molecule has 2 aromatic carbocycles. The summed E-state index contributed by atoms with van der Waals surface area (Å²) in [4.78, 5) is 30.6. The predicted octanol–water partition coefficient (Wildman–Crippen LogP) is 4.66. The van der Waals surface area contributed by atoms with Gasteiger partial charge < -0.3 is 20.3 Å². The topological polar surface area (TPSA) is 112 Å². The Morgan fingerprint density at radius 3 is 2.32 bits per heavy atom. The molecule has 200 valence electrons. The van der Waals surface area contributed by atoms with Gasteiger partial charge in [0, 0.05) is 30.2 Å². The molecule has 1 aliphatic heterocycles. The Morgan fingerprint density at radius 1 is 1.08 bits per heavy atom. The zero-order chi connectivity index (χ0) is 25.2. The van der Waals surface area contributed by atoms with Crippen molar-refractivity contribution in [2.45, 2.75) is 32.0 Å². The zero-order valence-electron chi connectivity index (χ0n) is 20.1. The smallest absolute Gasteiger partial charge is 0.422 e. The highest BCUT2D eigenvalue weighted by Crippen LogP contribution is 2.40. The lowest BCUT2D eigenvalue weighted by atomic mass is 10.1. The van der Waals surface area contributed by atoms with Gasteiger partial charge in [0.1, 0.15) is 0 Å². The standard InChI is InChI=1S/C25H24F3N3O4.ClH.H2O/c1-15(7-6-12-31-23(32)16-8-3-4-9-17(16)24(31)33)30-19-13-20(34-2)22(35-14-25(26,27)28)18-10-5-11-29-21(18)19;;/h3-5,8-11,13,15,30H,6-7,12,14H2,1-2H3;1H;1H2. The van der Waals surface area contributed by atoms with Crippen molar-refractivity contribution in [3.05, 3.63) is 59.8 Å². The Hall–Kier alpha value is -3.57. The molecule has 3 aromatic rings. The molecule has 0 radical (unpaired) electrons. The van der Waals surface area contributed by atoms with Crippen LogP contribution in [0.2, 0.25) is 0 Å². The molecule has 37 heavy (non-hydrogen) atoms. The second-order valence-electron chi connectivity index (χ2n) is 8.25. The molecule has 1 aliphatic rings. The van der Waals surface area contributed by atoms with Gasteiger partial charge in [0.2, 0.25) is 0 Å². The molecule has 1 atom stereocenters. The van der Waals surface area contributed by atoms with Gasteiger partial charge in [-0.3, -0.25) is 19.5 Å². The molecule has 8 nitrogen and oxygen atoms in total. The molecule has 0 bridgehead atoms. The molecule has 0 fully saturated rings. The quantitative estimate of drug-likeness (QED) is 0.394. The lowest BCUT2D eigenvalue weighted by Gasteiger charge is -2.21. The summed E-state index contributed by atoms with van der Waals surface area (Å²) in [6.07, 6.45) is -1.77. The summed E-state index contributed by atoms with van der Waals surface area (Å²) in [7, 11) is 1.35. The van der Waals surface area contributed by atoms with E-state index in [0.717, 1.165) is 0 Å². The average Bonchev–Trinajstić information content (AvgIpc) is 3.07. The number of pyridine rings is 1. The van der Waals surface area contributed by atoms with Crippen molar-refractivity contribution in [1.82, 2.24) is 9.88 Å². The van der Waals surface area contributed by atoms with Gasteiger partial charge in [0.05, 0.1) is 29.4 Å². The van der Waals surface area contributed by atoms with Crippen LogP contribution in [-0.2, 0) is 0 Å². The van der Waals surface area contributed by atoms with Crippen LogP contribution in [0.5, 0.6) is 11.5 Å². The summed E-state index contributed by atoms with van der Waals surface area (Å²) >= 11 is 0. The molecule has 0 spiro atoms. The van der Waals surface area contributed by atoms with Gasteiger partial charge in [-0.25, -0.2) is 0 Å². The number of hydrogen-bond acceptors (Lipinski definition) is 6. The first-order chi connectivity index (χ1) is 16.7. The van der Waals surface area contributed by atoms with Crippen LogP contribution >= 0.6 is 12.4 Å². The molecule has 1 unspecified atom stereocenters. The summed E-state index contributed by atoms with van der Waals surface area (Å²) in [5.74, 6) is -0.464. The van der Waals surface area contributed by atoms with Crippen molar-refractivity contribution in [2.75, 3.05) is 25.6 Å². The number of ether oxygens (including phenoxy) is 2. The number of fused-ring (bicyclic) bond motifs is 2. The summed E-state index contributed by atoms with van der Waals surface area (Å²) in [5.41, 5.74) is 1.85. The highest BCUT2D eigenvalue weighted by atomic mass is 35.5. The molecule has 0 saturated heterocycles. The molecular formula is C25H27ClF3N3O5. The fourth-order valence-electron chi connectivity index (χ4n) is 4.10. The number of methoxy groups -OCH3 is 1.